The van der Waals surface area contributed by atoms with Crippen LogP contribution in [0.5, 0.6) is 0 Å². The van der Waals surface area contributed by atoms with Gasteiger partial charge in [0, 0.05) is 18.5 Å². The third-order valence-electron chi connectivity index (χ3n) is 2.21. The number of carbonyl (C=O) groups is 2. The summed E-state index contributed by atoms with van der Waals surface area (Å²) in [5, 5.41) is 4.53. The number of amides is 2. The van der Waals surface area contributed by atoms with Crippen molar-refractivity contribution >= 4 is 23.2 Å². The van der Waals surface area contributed by atoms with Crippen LogP contribution in [-0.2, 0) is 16.0 Å². The SMILES string of the molecule is O=C1CN(C(=O)Cc2cscn2)CCN1. The molecule has 1 aromatic rings. The van der Waals surface area contributed by atoms with Gasteiger partial charge in [-0.3, -0.25) is 9.59 Å². The van der Waals surface area contributed by atoms with Crippen LogP contribution in [0.2, 0.25) is 0 Å². The van der Waals surface area contributed by atoms with E-state index < -0.39 is 0 Å². The second-order valence-electron chi connectivity index (χ2n) is 3.32. The lowest BCUT2D eigenvalue weighted by Gasteiger charge is -2.26. The number of thiazole rings is 1. The van der Waals surface area contributed by atoms with Gasteiger partial charge in [-0.25, -0.2) is 4.98 Å². The molecule has 80 valence electrons. The van der Waals surface area contributed by atoms with Crippen molar-refractivity contribution in [3.05, 3.63) is 16.6 Å². The van der Waals surface area contributed by atoms with Crippen molar-refractivity contribution in [1.82, 2.24) is 15.2 Å². The summed E-state index contributed by atoms with van der Waals surface area (Å²) in [6.07, 6.45) is 0.288. The summed E-state index contributed by atoms with van der Waals surface area (Å²) in [4.78, 5) is 28.4. The minimum Gasteiger partial charge on any atom is -0.353 e. The van der Waals surface area contributed by atoms with Gasteiger partial charge in [-0.2, -0.15) is 0 Å². The van der Waals surface area contributed by atoms with Gasteiger partial charge in [-0.15, -0.1) is 11.3 Å². The molecule has 1 saturated heterocycles. The first kappa shape index (κ1) is 10.1. The van der Waals surface area contributed by atoms with Gasteiger partial charge in [0.15, 0.2) is 0 Å². The Balaban J connectivity index is 1.93. The molecule has 0 bridgehead atoms. The minimum absolute atomic E-state index is 0.0317. The maximum Gasteiger partial charge on any atom is 0.239 e. The average molecular weight is 225 g/mol. The van der Waals surface area contributed by atoms with Crippen molar-refractivity contribution in [2.24, 2.45) is 0 Å². The number of piperazine rings is 1. The van der Waals surface area contributed by atoms with Crippen LogP contribution in [0.3, 0.4) is 0 Å². The minimum atomic E-state index is -0.0899. The number of aromatic nitrogens is 1. The van der Waals surface area contributed by atoms with Crippen LogP contribution in [0.1, 0.15) is 5.69 Å². The molecule has 0 unspecified atom stereocenters. The van der Waals surface area contributed by atoms with Crippen LogP contribution in [0, 0.1) is 0 Å². The number of nitrogens with one attached hydrogen (secondary N) is 1. The number of hydrogen-bond acceptors (Lipinski definition) is 4. The van der Waals surface area contributed by atoms with Gasteiger partial charge >= 0.3 is 0 Å². The Hall–Kier alpha value is -1.43. The molecule has 0 atom stereocenters. The second-order valence-corrected chi connectivity index (χ2v) is 4.04. The van der Waals surface area contributed by atoms with Crippen LogP contribution in [0.25, 0.3) is 0 Å². The molecule has 1 aliphatic heterocycles. The summed E-state index contributed by atoms with van der Waals surface area (Å²) in [5.41, 5.74) is 2.47. The van der Waals surface area contributed by atoms with Crippen LogP contribution < -0.4 is 5.32 Å². The molecule has 0 aromatic carbocycles. The predicted molar refractivity (Wildman–Crippen MR) is 55.4 cm³/mol. The lowest BCUT2D eigenvalue weighted by Crippen LogP contribution is -2.50. The fourth-order valence-electron chi connectivity index (χ4n) is 1.44. The van der Waals surface area contributed by atoms with Crippen LogP contribution >= 0.6 is 11.3 Å². The Bertz CT molecular complexity index is 363. The van der Waals surface area contributed by atoms with Crippen LogP contribution in [-0.4, -0.2) is 41.3 Å². The first-order valence-corrected chi connectivity index (χ1v) is 5.61. The molecule has 1 aliphatic rings. The van der Waals surface area contributed by atoms with E-state index in [2.05, 4.69) is 10.3 Å². The molecule has 0 saturated carbocycles. The van der Waals surface area contributed by atoms with Crippen LogP contribution in [0.15, 0.2) is 10.9 Å². The van der Waals surface area contributed by atoms with E-state index in [0.717, 1.165) is 5.69 Å². The number of carbonyl (C=O) groups excluding carboxylic acids is 2. The standard InChI is InChI=1S/C9H11N3O2S/c13-8-4-12(2-1-10-8)9(14)3-7-5-15-6-11-7/h5-6H,1-4H2,(H,10,13). The fraction of sp³-hybridized carbons (Fsp3) is 0.444. The molecule has 0 radical (unpaired) electrons. The molecule has 2 heterocycles. The van der Waals surface area contributed by atoms with E-state index in [0.29, 0.717) is 13.1 Å². The van der Waals surface area contributed by atoms with Crippen molar-refractivity contribution in [2.45, 2.75) is 6.42 Å². The van der Waals surface area contributed by atoms with E-state index in [1.165, 1.54) is 11.3 Å². The zero-order valence-corrected chi connectivity index (χ0v) is 8.92. The molecule has 1 aromatic heterocycles. The molecule has 15 heavy (non-hydrogen) atoms. The topological polar surface area (TPSA) is 62.3 Å². The molecule has 0 spiro atoms. The molecule has 5 nitrogen and oxygen atoms in total. The monoisotopic (exact) mass is 225 g/mol. The fourth-order valence-corrected chi connectivity index (χ4v) is 2.00. The summed E-state index contributed by atoms with van der Waals surface area (Å²) in [7, 11) is 0. The zero-order chi connectivity index (χ0) is 10.7. The van der Waals surface area contributed by atoms with Gasteiger partial charge in [-0.05, 0) is 0 Å². The lowest BCUT2D eigenvalue weighted by molar-refractivity contribution is -0.137. The van der Waals surface area contributed by atoms with Crippen molar-refractivity contribution in [1.29, 1.82) is 0 Å². The summed E-state index contributed by atoms with van der Waals surface area (Å²) in [5.74, 6) is -0.122. The van der Waals surface area contributed by atoms with Crippen LogP contribution in [0.4, 0.5) is 0 Å². The molecule has 6 heteroatoms. The van der Waals surface area contributed by atoms with Gasteiger partial charge in [0.05, 0.1) is 24.2 Å². The number of rotatable bonds is 2. The largest absolute Gasteiger partial charge is 0.353 e. The van der Waals surface area contributed by atoms with E-state index in [-0.39, 0.29) is 24.8 Å². The second kappa shape index (κ2) is 4.39. The molecular formula is C9H11N3O2S. The summed E-state index contributed by atoms with van der Waals surface area (Å²) >= 11 is 1.47. The Morgan fingerprint density at radius 2 is 2.53 bits per heavy atom. The first-order chi connectivity index (χ1) is 7.25. The lowest BCUT2D eigenvalue weighted by atomic mass is 10.2. The summed E-state index contributed by atoms with van der Waals surface area (Å²) in [6.45, 7) is 1.30. The maximum atomic E-state index is 11.7. The Labute approximate surface area is 91.1 Å². The van der Waals surface area contributed by atoms with Crippen molar-refractivity contribution in [2.75, 3.05) is 19.6 Å². The highest BCUT2D eigenvalue weighted by Gasteiger charge is 2.21. The number of hydrogen-bond donors (Lipinski definition) is 1. The van der Waals surface area contributed by atoms with Gasteiger partial charge in [0.2, 0.25) is 11.8 Å². The molecule has 1 fully saturated rings. The van der Waals surface area contributed by atoms with E-state index in [1.54, 1.807) is 10.4 Å². The Kier molecular flexibility index (Phi) is 2.96. The molecule has 0 aliphatic carbocycles. The van der Waals surface area contributed by atoms with Gasteiger partial charge in [-0.1, -0.05) is 0 Å². The number of nitrogens with zero attached hydrogens (tertiary/aromatic N) is 2. The van der Waals surface area contributed by atoms with Gasteiger partial charge < -0.3 is 10.2 Å². The van der Waals surface area contributed by atoms with E-state index in [9.17, 15) is 9.59 Å². The quantitative estimate of drug-likeness (QED) is 0.748. The van der Waals surface area contributed by atoms with Crippen molar-refractivity contribution in [3.63, 3.8) is 0 Å². The summed E-state index contributed by atoms with van der Waals surface area (Å²) in [6, 6.07) is 0. The first-order valence-electron chi connectivity index (χ1n) is 4.67. The van der Waals surface area contributed by atoms with E-state index >= 15 is 0 Å². The van der Waals surface area contributed by atoms with Gasteiger partial charge in [0.25, 0.3) is 0 Å². The molecule has 2 amide bonds. The molecule has 1 N–H and O–H groups in total. The van der Waals surface area contributed by atoms with Crippen molar-refractivity contribution < 1.29 is 9.59 Å². The average Bonchev–Trinajstić information content (AvgIpc) is 2.70. The third-order valence-corrected chi connectivity index (χ3v) is 2.84. The molecular weight excluding hydrogens is 214 g/mol. The normalized spacial score (nSPS) is 16.3. The third kappa shape index (κ3) is 2.53. The van der Waals surface area contributed by atoms with E-state index in [4.69, 9.17) is 0 Å². The Morgan fingerprint density at radius 3 is 3.20 bits per heavy atom. The van der Waals surface area contributed by atoms with Crippen molar-refractivity contribution in [3.8, 4) is 0 Å². The Morgan fingerprint density at radius 1 is 1.67 bits per heavy atom. The highest BCUT2D eigenvalue weighted by Crippen LogP contribution is 2.05. The molecule has 2 rings (SSSR count). The van der Waals surface area contributed by atoms with E-state index in [1.807, 2.05) is 5.38 Å². The summed E-state index contributed by atoms with van der Waals surface area (Å²) < 4.78 is 0. The highest BCUT2D eigenvalue weighted by molar-refractivity contribution is 7.07. The highest BCUT2D eigenvalue weighted by atomic mass is 32.1. The zero-order valence-electron chi connectivity index (χ0n) is 8.10. The van der Waals surface area contributed by atoms with Gasteiger partial charge in [0.1, 0.15) is 0 Å². The smallest absolute Gasteiger partial charge is 0.239 e. The predicted octanol–water partition coefficient (Wildman–Crippen LogP) is -0.356. The maximum absolute atomic E-state index is 11.7.